The van der Waals surface area contributed by atoms with E-state index in [4.69, 9.17) is 16.3 Å². The smallest absolute Gasteiger partial charge is 0.330 e. The fourth-order valence-corrected chi connectivity index (χ4v) is 3.04. The molecule has 0 saturated heterocycles. The number of rotatable bonds is 2. The van der Waals surface area contributed by atoms with E-state index in [1.807, 2.05) is 31.2 Å². The van der Waals surface area contributed by atoms with Crippen LogP contribution in [-0.2, 0) is 6.42 Å². The lowest BCUT2D eigenvalue weighted by Gasteiger charge is -2.27. The molecular weight excluding hydrogens is 292 g/mol. The Bertz CT molecular complexity index is 794. The van der Waals surface area contributed by atoms with Crippen LogP contribution in [0.2, 0.25) is 5.15 Å². The third kappa shape index (κ3) is 2.27. The number of halogens is 1. The van der Waals surface area contributed by atoms with E-state index in [1.165, 1.54) is 4.57 Å². The molecule has 2 heterocycles. The number of para-hydroxylation sites is 1. The predicted octanol–water partition coefficient (Wildman–Crippen LogP) is 2.12. The van der Waals surface area contributed by atoms with Gasteiger partial charge >= 0.3 is 5.69 Å². The molecule has 0 bridgehead atoms. The third-order valence-electron chi connectivity index (χ3n) is 3.77. The number of H-pyrrole nitrogens is 1. The molecule has 0 radical (unpaired) electrons. The molecule has 1 aromatic heterocycles. The van der Waals surface area contributed by atoms with Gasteiger partial charge in [0.05, 0.1) is 18.2 Å². The Kier molecular flexibility index (Phi) is 3.59. The lowest BCUT2D eigenvalue weighted by molar-refractivity contribution is 0.252. The summed E-state index contributed by atoms with van der Waals surface area (Å²) in [7, 11) is 0. The quantitative estimate of drug-likeness (QED) is 0.864. The first-order valence-electron chi connectivity index (χ1n) is 6.88. The van der Waals surface area contributed by atoms with Crippen molar-refractivity contribution in [3.05, 3.63) is 61.4 Å². The van der Waals surface area contributed by atoms with Crippen molar-refractivity contribution in [1.29, 1.82) is 0 Å². The van der Waals surface area contributed by atoms with Crippen LogP contribution < -0.4 is 16.0 Å². The van der Waals surface area contributed by atoms with Crippen molar-refractivity contribution in [3.8, 4) is 5.75 Å². The molecule has 0 saturated carbocycles. The van der Waals surface area contributed by atoms with Crippen LogP contribution in [0.3, 0.4) is 0 Å². The zero-order chi connectivity index (χ0) is 15.0. The average Bonchev–Trinajstić information content (AvgIpc) is 2.47. The van der Waals surface area contributed by atoms with Crippen LogP contribution in [0.25, 0.3) is 0 Å². The molecule has 1 aliphatic heterocycles. The molecule has 1 aliphatic rings. The number of aromatic amines is 1. The number of hydrogen-bond acceptors (Lipinski definition) is 3. The SMILES string of the molecule is CCc1c(Cl)[nH]c(=O)n(C2CCOc3ccccc32)c1=O. The van der Waals surface area contributed by atoms with Crippen LogP contribution in [0.5, 0.6) is 5.75 Å². The summed E-state index contributed by atoms with van der Waals surface area (Å²) in [4.78, 5) is 27.3. The normalized spacial score (nSPS) is 17.1. The molecule has 2 aromatic rings. The van der Waals surface area contributed by atoms with Gasteiger partial charge in [0.15, 0.2) is 0 Å². The maximum atomic E-state index is 12.6. The highest BCUT2D eigenvalue weighted by molar-refractivity contribution is 6.30. The van der Waals surface area contributed by atoms with Crippen LogP contribution in [-0.4, -0.2) is 16.2 Å². The highest BCUT2D eigenvalue weighted by Gasteiger charge is 2.26. The van der Waals surface area contributed by atoms with Gasteiger partial charge in [0.2, 0.25) is 0 Å². The molecule has 0 aliphatic carbocycles. The molecule has 0 spiro atoms. The minimum absolute atomic E-state index is 0.129. The second-order valence-electron chi connectivity index (χ2n) is 4.94. The van der Waals surface area contributed by atoms with Gasteiger partial charge in [0.25, 0.3) is 5.56 Å². The predicted molar refractivity (Wildman–Crippen MR) is 80.4 cm³/mol. The molecule has 3 rings (SSSR count). The number of ether oxygens (including phenoxy) is 1. The molecule has 1 atom stereocenters. The molecule has 5 nitrogen and oxygen atoms in total. The fourth-order valence-electron chi connectivity index (χ4n) is 2.74. The molecule has 110 valence electrons. The number of nitrogens with one attached hydrogen (secondary N) is 1. The first-order chi connectivity index (χ1) is 10.1. The molecule has 6 heteroatoms. The molecule has 0 amide bonds. The first kappa shape index (κ1) is 13.9. The van der Waals surface area contributed by atoms with E-state index in [0.29, 0.717) is 30.8 Å². The summed E-state index contributed by atoms with van der Waals surface area (Å²) in [6.07, 6.45) is 1.05. The highest BCUT2D eigenvalue weighted by Crippen LogP contribution is 2.33. The second kappa shape index (κ2) is 5.41. The van der Waals surface area contributed by atoms with Crippen molar-refractivity contribution in [2.45, 2.75) is 25.8 Å². The Hall–Kier alpha value is -2.01. The van der Waals surface area contributed by atoms with E-state index in [9.17, 15) is 9.59 Å². The van der Waals surface area contributed by atoms with Crippen LogP contribution in [0.4, 0.5) is 0 Å². The van der Waals surface area contributed by atoms with Crippen molar-refractivity contribution >= 4 is 11.6 Å². The Balaban J connectivity index is 2.24. The lowest BCUT2D eigenvalue weighted by Crippen LogP contribution is -2.41. The van der Waals surface area contributed by atoms with Gasteiger partial charge in [-0.05, 0) is 12.5 Å². The fraction of sp³-hybridized carbons (Fsp3) is 0.333. The zero-order valence-corrected chi connectivity index (χ0v) is 12.3. The van der Waals surface area contributed by atoms with Gasteiger partial charge in [0.1, 0.15) is 10.9 Å². The van der Waals surface area contributed by atoms with Crippen molar-refractivity contribution in [2.75, 3.05) is 6.61 Å². The van der Waals surface area contributed by atoms with Crippen LogP contribution >= 0.6 is 11.6 Å². The van der Waals surface area contributed by atoms with Crippen LogP contribution in [0.1, 0.15) is 30.5 Å². The van der Waals surface area contributed by atoms with Crippen molar-refractivity contribution in [2.24, 2.45) is 0 Å². The zero-order valence-electron chi connectivity index (χ0n) is 11.6. The Morgan fingerprint density at radius 1 is 1.38 bits per heavy atom. The number of benzene rings is 1. The standard InChI is InChI=1S/C15H15ClN2O3/c1-2-9-13(16)17-15(20)18(14(9)19)11-7-8-21-12-6-4-3-5-10(11)12/h3-6,11H,2,7-8H2,1H3,(H,17,20). The van der Waals surface area contributed by atoms with Gasteiger partial charge in [-0.2, -0.15) is 0 Å². The van der Waals surface area contributed by atoms with E-state index < -0.39 is 5.69 Å². The Labute approximate surface area is 126 Å². The second-order valence-corrected chi connectivity index (χ2v) is 5.32. The largest absolute Gasteiger partial charge is 0.493 e. The van der Waals surface area contributed by atoms with Crippen molar-refractivity contribution in [1.82, 2.24) is 9.55 Å². The summed E-state index contributed by atoms with van der Waals surface area (Å²) in [6, 6.07) is 7.14. The van der Waals surface area contributed by atoms with Gasteiger partial charge in [-0.3, -0.25) is 14.3 Å². The van der Waals surface area contributed by atoms with Gasteiger partial charge in [-0.15, -0.1) is 0 Å². The van der Waals surface area contributed by atoms with E-state index in [-0.39, 0.29) is 16.8 Å². The van der Waals surface area contributed by atoms with E-state index in [1.54, 1.807) is 0 Å². The van der Waals surface area contributed by atoms with Crippen molar-refractivity contribution < 1.29 is 4.74 Å². The Morgan fingerprint density at radius 2 is 2.14 bits per heavy atom. The maximum Gasteiger partial charge on any atom is 0.330 e. The summed E-state index contributed by atoms with van der Waals surface area (Å²) in [5, 5.41) is 0.129. The van der Waals surface area contributed by atoms with Gasteiger partial charge in [0, 0.05) is 12.0 Å². The van der Waals surface area contributed by atoms with Gasteiger partial charge < -0.3 is 4.74 Å². The topological polar surface area (TPSA) is 64.1 Å². The van der Waals surface area contributed by atoms with E-state index >= 15 is 0 Å². The first-order valence-corrected chi connectivity index (χ1v) is 7.26. The molecule has 1 N–H and O–H groups in total. The van der Waals surface area contributed by atoms with Gasteiger partial charge in [-0.1, -0.05) is 36.7 Å². The summed E-state index contributed by atoms with van der Waals surface area (Å²) in [5.74, 6) is 0.716. The summed E-state index contributed by atoms with van der Waals surface area (Å²) in [6.45, 7) is 2.31. The van der Waals surface area contributed by atoms with E-state index in [0.717, 1.165) is 5.56 Å². The van der Waals surface area contributed by atoms with Crippen molar-refractivity contribution in [3.63, 3.8) is 0 Å². The minimum Gasteiger partial charge on any atom is -0.493 e. The molecule has 1 aromatic carbocycles. The van der Waals surface area contributed by atoms with Crippen LogP contribution in [0, 0.1) is 0 Å². The summed E-state index contributed by atoms with van der Waals surface area (Å²) < 4.78 is 6.84. The average molecular weight is 307 g/mol. The maximum absolute atomic E-state index is 12.6. The number of fused-ring (bicyclic) bond motifs is 1. The number of nitrogens with zero attached hydrogens (tertiary/aromatic N) is 1. The number of aromatic nitrogens is 2. The molecule has 21 heavy (non-hydrogen) atoms. The summed E-state index contributed by atoms with van der Waals surface area (Å²) in [5.41, 5.74) is 0.470. The molecule has 1 unspecified atom stereocenters. The summed E-state index contributed by atoms with van der Waals surface area (Å²) >= 11 is 5.95. The monoisotopic (exact) mass is 306 g/mol. The molecule has 0 fully saturated rings. The van der Waals surface area contributed by atoms with Gasteiger partial charge in [-0.25, -0.2) is 4.79 Å². The van der Waals surface area contributed by atoms with E-state index in [2.05, 4.69) is 4.98 Å². The Morgan fingerprint density at radius 3 is 2.90 bits per heavy atom. The third-order valence-corrected chi connectivity index (χ3v) is 4.09. The van der Waals surface area contributed by atoms with Crippen LogP contribution in [0.15, 0.2) is 33.9 Å². The lowest BCUT2D eigenvalue weighted by atomic mass is 10.00. The highest BCUT2D eigenvalue weighted by atomic mass is 35.5. The molecular formula is C15H15ClN2O3. The number of hydrogen-bond donors (Lipinski definition) is 1. The minimum atomic E-state index is -0.482.